The molecule has 15 aromatic carbocycles. The van der Waals surface area contributed by atoms with Crippen molar-refractivity contribution in [2.45, 2.75) is 121 Å². The highest BCUT2D eigenvalue weighted by Gasteiger charge is 2.32. The number of fused-ring (bicyclic) bond motifs is 2. The number of nitrogens with two attached hydrogens (primary N) is 12. The Bertz CT molecular complexity index is 5070. The molecule has 0 aliphatic heterocycles. The smallest absolute Gasteiger partial charge is 0.149 e. The molecule has 0 aliphatic carbocycles. The van der Waals surface area contributed by atoms with Gasteiger partial charge in [0.05, 0.1) is 21.3 Å². The number of methoxy groups -OCH3 is 3. The zero-order valence-electron chi connectivity index (χ0n) is 78.7. The van der Waals surface area contributed by atoms with E-state index in [0.29, 0.717) is 57.5 Å². The number of hydrogen-bond donors (Lipinski definition) is 13. The van der Waals surface area contributed by atoms with E-state index < -0.39 is 5.41 Å². The van der Waals surface area contributed by atoms with Gasteiger partial charge in [-0.2, -0.15) is 83.4 Å². The van der Waals surface area contributed by atoms with E-state index in [1.165, 1.54) is 24.8 Å². The number of benzene rings is 15. The minimum absolute atomic E-state index is 0. The maximum Gasteiger partial charge on any atom is 0.149 e. The lowest BCUT2D eigenvalue weighted by molar-refractivity contribution is 0.332. The average molecular weight is 1880 g/mol. The Kier molecular flexibility index (Phi) is 58.7. The first-order chi connectivity index (χ1) is 65.1. The lowest BCUT2D eigenvalue weighted by atomic mass is 9.71. The van der Waals surface area contributed by atoms with Gasteiger partial charge in [-0.25, -0.2) is 0 Å². The Morgan fingerprint density at radius 3 is 0.603 bits per heavy atom. The van der Waals surface area contributed by atoms with Crippen molar-refractivity contribution in [3.8, 4) is 86.2 Å². The molecule has 24 N–H and O–H groups in total. The first-order valence-corrected chi connectivity index (χ1v) is 43.5. The van der Waals surface area contributed by atoms with Crippen LogP contribution in [0.25, 0.3) is 21.5 Å². The second-order valence-electron chi connectivity index (χ2n) is 29.0. The summed E-state index contributed by atoms with van der Waals surface area (Å²) in [5.41, 5.74) is 10.6. The molecule has 136 heavy (non-hydrogen) atoms. The highest BCUT2D eigenvalue weighted by Crippen LogP contribution is 2.45. The molecular formula is C108H140N12O15S. The third-order valence-corrected chi connectivity index (χ3v) is 19.5. The highest BCUT2D eigenvalue weighted by molar-refractivity contribution is 7.79. The highest BCUT2D eigenvalue weighted by atomic mass is 32.1. The quantitative estimate of drug-likeness (QED) is 0.0161. The number of rotatable bonds is 23. The van der Waals surface area contributed by atoms with Crippen molar-refractivity contribution in [1.82, 2.24) is 0 Å². The Hall–Kier alpha value is -14.3. The molecule has 0 amide bonds. The molecule has 0 saturated carbocycles. The van der Waals surface area contributed by atoms with E-state index in [-0.39, 0.29) is 26.7 Å². The van der Waals surface area contributed by atoms with Crippen LogP contribution >= 0.6 is 12.6 Å². The van der Waals surface area contributed by atoms with Gasteiger partial charge in [-0.1, -0.05) is 258 Å². The van der Waals surface area contributed by atoms with Gasteiger partial charge in [0.1, 0.15) is 86.2 Å². The molecule has 1 unspecified atom stereocenters. The molecule has 0 spiro atoms. The topological polar surface area (TPSA) is 451 Å². The SMILES string of the molecule is C.C.CCC.CCC.CCC.COc1ccc(C(C)(c2ccc(ON)cc2)c2ccc(ON)cc2)cc1.COc1ccc(C(c2ccc(ON)cc2)C(c2ccc(ON)cc2)c2ccc(ON)cc2)cc1.COc1ccccc1C.CS.Cc1ccccc1ON.Cc1ccccc1ON.NOc1ccc2ccc(ON)cc2c1.NOc1ccc2ccc(ON)cc2c1.NOc1ccccc1. The molecule has 1 atom stereocenters. The molecule has 728 valence electrons. The second-order valence-corrected chi connectivity index (χ2v) is 29.0. The molecular weight excluding hydrogens is 1740 g/mol. The first kappa shape index (κ1) is 118. The lowest BCUT2D eigenvalue weighted by Gasteiger charge is -2.32. The monoisotopic (exact) mass is 1880 g/mol. The van der Waals surface area contributed by atoms with Gasteiger partial charge in [0.2, 0.25) is 0 Å². The molecule has 0 fully saturated rings. The zero-order valence-corrected chi connectivity index (χ0v) is 79.6. The number of ether oxygens (including phenoxy) is 3. The van der Waals surface area contributed by atoms with Gasteiger partial charge in [-0.3, -0.25) is 0 Å². The third kappa shape index (κ3) is 38.7. The van der Waals surface area contributed by atoms with E-state index >= 15 is 0 Å². The summed E-state index contributed by atoms with van der Waals surface area (Å²) in [6, 6.07) is 109. The minimum atomic E-state index is -0.396. The maximum atomic E-state index is 5.38. The van der Waals surface area contributed by atoms with Crippen LogP contribution in [-0.4, -0.2) is 27.6 Å². The summed E-state index contributed by atoms with van der Waals surface area (Å²) in [6.07, 6.45) is 5.44. The minimum Gasteiger partial charge on any atom is -0.497 e. The largest absolute Gasteiger partial charge is 0.497 e. The summed E-state index contributed by atoms with van der Waals surface area (Å²) in [7, 11) is 5.00. The van der Waals surface area contributed by atoms with Crippen molar-refractivity contribution in [2.75, 3.05) is 27.6 Å². The van der Waals surface area contributed by atoms with Gasteiger partial charge in [-0.05, 0) is 275 Å². The van der Waals surface area contributed by atoms with Crippen LogP contribution in [-0.2, 0) is 5.41 Å². The van der Waals surface area contributed by atoms with Gasteiger partial charge in [-0.15, -0.1) is 0 Å². The maximum absolute atomic E-state index is 5.38. The van der Waals surface area contributed by atoms with Crippen LogP contribution in [0, 0.1) is 20.8 Å². The van der Waals surface area contributed by atoms with Crippen LogP contribution in [0.1, 0.15) is 150 Å². The van der Waals surface area contributed by atoms with Gasteiger partial charge in [0, 0.05) is 17.3 Å². The molecule has 28 heteroatoms. The Balaban J connectivity index is 0.000000544. The summed E-state index contributed by atoms with van der Waals surface area (Å²) in [6.45, 7) is 20.8. The van der Waals surface area contributed by atoms with E-state index in [1.54, 1.807) is 64.0 Å². The Labute approximate surface area is 808 Å². The number of para-hydroxylation sites is 4. The molecule has 0 heterocycles. The fourth-order valence-corrected chi connectivity index (χ4v) is 12.7. The van der Waals surface area contributed by atoms with Crippen molar-refractivity contribution in [3.05, 3.63) is 401 Å². The van der Waals surface area contributed by atoms with Crippen molar-refractivity contribution in [2.24, 2.45) is 70.8 Å². The zero-order chi connectivity index (χ0) is 98.4. The van der Waals surface area contributed by atoms with Gasteiger partial charge >= 0.3 is 0 Å². The number of aryl methyl sites for hydroxylation is 3. The molecule has 0 aromatic heterocycles. The van der Waals surface area contributed by atoms with Gasteiger partial charge in [0.15, 0.2) is 0 Å². The summed E-state index contributed by atoms with van der Waals surface area (Å²) >= 11 is 3.53. The van der Waals surface area contributed by atoms with Gasteiger partial charge < -0.3 is 72.3 Å². The summed E-state index contributed by atoms with van der Waals surface area (Å²) < 4.78 is 15.7. The number of hydrogen-bond acceptors (Lipinski definition) is 28. The summed E-state index contributed by atoms with van der Waals surface area (Å²) in [5, 5.41) is 4.09. The van der Waals surface area contributed by atoms with Crippen molar-refractivity contribution in [3.63, 3.8) is 0 Å². The van der Waals surface area contributed by atoms with Crippen LogP contribution < -0.4 is 143 Å². The van der Waals surface area contributed by atoms with E-state index in [1.807, 2.05) is 306 Å². The molecule has 0 bridgehead atoms. The second kappa shape index (κ2) is 67.8. The summed E-state index contributed by atoms with van der Waals surface area (Å²) in [4.78, 5) is 56.3. The molecule has 0 saturated heterocycles. The van der Waals surface area contributed by atoms with E-state index in [2.05, 4.69) is 119 Å². The Morgan fingerprint density at radius 2 is 0.412 bits per heavy atom. The predicted molar refractivity (Wildman–Crippen MR) is 556 cm³/mol. The molecule has 15 rings (SSSR count). The standard InChI is InChI=1S/C27H27N3O4.C21H22N2O3.2C10H10N2O2.C8H10O.2C7H9NO.C6H7NO.3C3H8.CH4S.2CH4/c1-31-22-10-2-18(3-11-22)26(19-4-12-23(32-28)13-5-19)27(20-6-14-24(33-29)15-7-20)21-8-16-25(34-30)17-9-21;1-21(15-3-9-18(24-2)10-4-15,16-5-11-19(25-22)12-6-16)17-7-13-20(26-23)14-8-17;2*11-13-9-3-1-7-2-4-10(14-12)6-8(7)5-9;1-7-5-3-4-6-8(7)9-2;2*1-6-4-2-3-5-7(6)9-8;7-8-6-4-2-1-3-5-6;3*1-3-2;1-2;;/h2-17,26-27H,28-30H2,1H3;3-14H,22-23H2,1-2H3;2*1-6H,11-12H2;3-6H,1-2H3;2*2-5H,8H2,1H3;1-5H,7H2;3*3H2,1-2H3;2H,1H3;2*1H4. The fraction of sp³-hybridized carbons (Fsp3) is 0.204. The molecule has 15 aromatic rings. The van der Waals surface area contributed by atoms with Crippen molar-refractivity contribution >= 4 is 34.2 Å². The van der Waals surface area contributed by atoms with Crippen LogP contribution in [0.2, 0.25) is 0 Å². The average Bonchev–Trinajstić information content (AvgIpc) is 0.786. The van der Waals surface area contributed by atoms with Gasteiger partial charge in [0.25, 0.3) is 0 Å². The first-order valence-electron chi connectivity index (χ1n) is 42.6. The van der Waals surface area contributed by atoms with E-state index in [9.17, 15) is 0 Å². The summed E-state index contributed by atoms with van der Waals surface area (Å²) in [5.74, 6) is 71.5. The Morgan fingerprint density at radius 1 is 0.221 bits per heavy atom. The van der Waals surface area contributed by atoms with E-state index in [4.69, 9.17) is 109 Å². The van der Waals surface area contributed by atoms with Crippen molar-refractivity contribution in [1.29, 1.82) is 0 Å². The van der Waals surface area contributed by atoms with Crippen LogP contribution in [0.3, 0.4) is 0 Å². The van der Waals surface area contributed by atoms with Crippen LogP contribution in [0.15, 0.2) is 346 Å². The normalized spacial score (nSPS) is 9.88. The lowest BCUT2D eigenvalue weighted by Crippen LogP contribution is -2.25. The van der Waals surface area contributed by atoms with E-state index in [0.717, 1.165) is 100 Å². The van der Waals surface area contributed by atoms with Crippen LogP contribution in [0.4, 0.5) is 0 Å². The third-order valence-electron chi connectivity index (χ3n) is 19.5. The van der Waals surface area contributed by atoms with Crippen molar-refractivity contribution < 1.29 is 72.3 Å². The molecule has 27 nitrogen and oxygen atoms in total. The molecule has 0 aliphatic rings. The van der Waals surface area contributed by atoms with Crippen LogP contribution in [0.5, 0.6) is 86.2 Å². The molecule has 0 radical (unpaired) electrons. The fourth-order valence-electron chi connectivity index (χ4n) is 12.7. The predicted octanol–water partition coefficient (Wildman–Crippen LogP) is 22.2. The number of thiol groups is 1.